The Labute approximate surface area is 117 Å². The molecular formula is C14H20N2O4. The van der Waals surface area contributed by atoms with E-state index >= 15 is 0 Å². The van der Waals surface area contributed by atoms with Crippen LogP contribution in [0.1, 0.15) is 18.9 Å². The number of rotatable bonds is 7. The molecule has 1 unspecified atom stereocenters. The lowest BCUT2D eigenvalue weighted by Gasteiger charge is -2.12. The third kappa shape index (κ3) is 4.99. The second-order valence-corrected chi connectivity index (χ2v) is 4.25. The Balaban J connectivity index is 2.63. The van der Waals surface area contributed by atoms with Crippen LogP contribution < -0.4 is 11.1 Å². The van der Waals surface area contributed by atoms with E-state index in [0.717, 1.165) is 5.56 Å². The predicted octanol–water partition coefficient (Wildman–Crippen LogP) is 0.440. The molecule has 0 fully saturated rings. The molecule has 0 bridgehead atoms. The SMILES string of the molecule is CCOC(=O)C(N)C(=O)Nc1cccc(CCCO)c1. The van der Waals surface area contributed by atoms with Crippen molar-refractivity contribution in [2.45, 2.75) is 25.8 Å². The minimum Gasteiger partial charge on any atom is -0.464 e. The third-order valence-corrected chi connectivity index (χ3v) is 2.64. The second-order valence-electron chi connectivity index (χ2n) is 4.25. The summed E-state index contributed by atoms with van der Waals surface area (Å²) in [6.45, 7) is 1.94. The first-order valence-electron chi connectivity index (χ1n) is 6.51. The van der Waals surface area contributed by atoms with Gasteiger partial charge in [0.2, 0.25) is 0 Å². The number of hydrogen-bond acceptors (Lipinski definition) is 5. The molecule has 0 aliphatic rings. The molecule has 1 amide bonds. The van der Waals surface area contributed by atoms with Crippen LogP contribution in [-0.4, -0.2) is 36.2 Å². The van der Waals surface area contributed by atoms with Crippen molar-refractivity contribution >= 4 is 17.6 Å². The molecule has 0 radical (unpaired) electrons. The number of benzene rings is 1. The highest BCUT2D eigenvalue weighted by Gasteiger charge is 2.23. The van der Waals surface area contributed by atoms with Gasteiger partial charge in [-0.05, 0) is 37.5 Å². The Hall–Kier alpha value is -1.92. The van der Waals surface area contributed by atoms with E-state index in [1.165, 1.54) is 0 Å². The monoisotopic (exact) mass is 280 g/mol. The zero-order chi connectivity index (χ0) is 15.0. The van der Waals surface area contributed by atoms with Crippen LogP contribution in [0.4, 0.5) is 5.69 Å². The number of amides is 1. The van der Waals surface area contributed by atoms with Crippen LogP contribution in [0.5, 0.6) is 0 Å². The van der Waals surface area contributed by atoms with Crippen LogP contribution in [0.15, 0.2) is 24.3 Å². The van der Waals surface area contributed by atoms with E-state index in [0.29, 0.717) is 18.5 Å². The summed E-state index contributed by atoms with van der Waals surface area (Å²) in [7, 11) is 0. The molecule has 0 saturated heterocycles. The molecule has 1 atom stereocenters. The summed E-state index contributed by atoms with van der Waals surface area (Å²) in [5, 5.41) is 11.4. The van der Waals surface area contributed by atoms with E-state index in [-0.39, 0.29) is 13.2 Å². The molecule has 6 nitrogen and oxygen atoms in total. The lowest BCUT2D eigenvalue weighted by Crippen LogP contribution is -2.43. The van der Waals surface area contributed by atoms with Gasteiger partial charge >= 0.3 is 5.97 Å². The fourth-order valence-electron chi connectivity index (χ4n) is 1.65. The van der Waals surface area contributed by atoms with Gasteiger partial charge in [0.05, 0.1) is 6.61 Å². The summed E-state index contributed by atoms with van der Waals surface area (Å²) in [5.41, 5.74) is 7.04. The number of esters is 1. The summed E-state index contributed by atoms with van der Waals surface area (Å²) in [4.78, 5) is 23.1. The van der Waals surface area contributed by atoms with Gasteiger partial charge in [-0.2, -0.15) is 0 Å². The van der Waals surface area contributed by atoms with Gasteiger partial charge < -0.3 is 20.9 Å². The van der Waals surface area contributed by atoms with Crippen molar-refractivity contribution in [3.8, 4) is 0 Å². The van der Waals surface area contributed by atoms with Crippen LogP contribution in [0.3, 0.4) is 0 Å². The van der Waals surface area contributed by atoms with E-state index in [1.54, 1.807) is 25.1 Å². The van der Waals surface area contributed by atoms with Gasteiger partial charge in [-0.15, -0.1) is 0 Å². The lowest BCUT2D eigenvalue weighted by atomic mass is 10.1. The number of nitrogens with one attached hydrogen (secondary N) is 1. The molecule has 0 aromatic heterocycles. The van der Waals surface area contributed by atoms with Crippen LogP contribution in [0.25, 0.3) is 0 Å². The molecule has 1 aromatic carbocycles. The van der Waals surface area contributed by atoms with Crippen molar-refractivity contribution in [3.05, 3.63) is 29.8 Å². The molecule has 110 valence electrons. The quantitative estimate of drug-likeness (QED) is 0.497. The lowest BCUT2D eigenvalue weighted by molar-refractivity contribution is -0.146. The first-order valence-corrected chi connectivity index (χ1v) is 6.51. The minimum atomic E-state index is -1.34. The highest BCUT2D eigenvalue weighted by atomic mass is 16.5. The number of aliphatic hydroxyl groups is 1. The number of carbonyl (C=O) groups is 2. The first-order chi connectivity index (χ1) is 9.58. The van der Waals surface area contributed by atoms with Gasteiger partial charge in [-0.25, -0.2) is 4.79 Å². The zero-order valence-corrected chi connectivity index (χ0v) is 11.5. The zero-order valence-electron chi connectivity index (χ0n) is 11.5. The van der Waals surface area contributed by atoms with E-state index in [4.69, 9.17) is 10.8 Å². The Morgan fingerprint density at radius 2 is 2.20 bits per heavy atom. The number of hydrogen-bond donors (Lipinski definition) is 3. The molecule has 0 aliphatic heterocycles. The standard InChI is InChI=1S/C14H20N2O4/c1-2-20-14(19)12(15)13(18)16-11-7-3-5-10(9-11)6-4-8-17/h3,5,7,9,12,17H,2,4,6,8,15H2,1H3,(H,16,18). The Bertz CT molecular complexity index is 462. The topological polar surface area (TPSA) is 102 Å². The van der Waals surface area contributed by atoms with Crippen molar-refractivity contribution in [2.24, 2.45) is 5.73 Å². The summed E-state index contributed by atoms with van der Waals surface area (Å²) >= 11 is 0. The van der Waals surface area contributed by atoms with Crippen molar-refractivity contribution in [2.75, 3.05) is 18.5 Å². The molecular weight excluding hydrogens is 260 g/mol. The molecule has 0 heterocycles. The van der Waals surface area contributed by atoms with E-state index in [9.17, 15) is 9.59 Å². The molecule has 0 spiro atoms. The largest absolute Gasteiger partial charge is 0.464 e. The molecule has 0 aliphatic carbocycles. The maximum atomic E-state index is 11.8. The Kier molecular flexibility index (Phi) is 6.69. The fourth-order valence-corrected chi connectivity index (χ4v) is 1.65. The van der Waals surface area contributed by atoms with E-state index < -0.39 is 17.9 Å². The number of nitrogens with two attached hydrogens (primary N) is 1. The number of anilines is 1. The summed E-state index contributed by atoms with van der Waals surface area (Å²) in [6, 6.07) is 5.84. The molecule has 0 saturated carbocycles. The third-order valence-electron chi connectivity index (χ3n) is 2.64. The summed E-state index contributed by atoms with van der Waals surface area (Å²) < 4.78 is 4.69. The average Bonchev–Trinajstić information content (AvgIpc) is 2.44. The van der Waals surface area contributed by atoms with Gasteiger partial charge in [0.25, 0.3) is 5.91 Å². The Morgan fingerprint density at radius 3 is 2.85 bits per heavy atom. The smallest absolute Gasteiger partial charge is 0.332 e. The second kappa shape index (κ2) is 8.29. The van der Waals surface area contributed by atoms with Gasteiger partial charge in [-0.1, -0.05) is 12.1 Å². The molecule has 1 rings (SSSR count). The first kappa shape index (κ1) is 16.1. The van der Waals surface area contributed by atoms with Crippen molar-refractivity contribution in [1.82, 2.24) is 0 Å². The molecule has 4 N–H and O–H groups in total. The van der Waals surface area contributed by atoms with E-state index in [1.807, 2.05) is 6.07 Å². The fraction of sp³-hybridized carbons (Fsp3) is 0.429. The predicted molar refractivity (Wildman–Crippen MR) is 75.1 cm³/mol. The van der Waals surface area contributed by atoms with Crippen LogP contribution in [0.2, 0.25) is 0 Å². The van der Waals surface area contributed by atoms with Gasteiger partial charge in [-0.3, -0.25) is 4.79 Å². The molecule has 20 heavy (non-hydrogen) atoms. The summed E-state index contributed by atoms with van der Waals surface area (Å²) in [6.07, 6.45) is 1.36. The molecule has 1 aromatic rings. The van der Waals surface area contributed by atoms with Crippen molar-refractivity contribution in [3.63, 3.8) is 0 Å². The van der Waals surface area contributed by atoms with Gasteiger partial charge in [0, 0.05) is 12.3 Å². The van der Waals surface area contributed by atoms with Crippen LogP contribution >= 0.6 is 0 Å². The number of aliphatic hydroxyl groups excluding tert-OH is 1. The highest BCUT2D eigenvalue weighted by molar-refractivity contribution is 6.08. The normalized spacial score (nSPS) is 11.8. The maximum Gasteiger partial charge on any atom is 0.332 e. The van der Waals surface area contributed by atoms with Gasteiger partial charge in [0.1, 0.15) is 0 Å². The molecule has 6 heteroatoms. The van der Waals surface area contributed by atoms with Crippen molar-refractivity contribution in [1.29, 1.82) is 0 Å². The maximum absolute atomic E-state index is 11.8. The van der Waals surface area contributed by atoms with Crippen molar-refractivity contribution < 1.29 is 19.4 Å². The number of aryl methyl sites for hydroxylation is 1. The van der Waals surface area contributed by atoms with E-state index in [2.05, 4.69) is 10.1 Å². The number of carbonyl (C=O) groups excluding carboxylic acids is 2. The minimum absolute atomic E-state index is 0.115. The number of ether oxygens (including phenoxy) is 1. The van der Waals surface area contributed by atoms with Gasteiger partial charge in [0.15, 0.2) is 6.04 Å². The van der Waals surface area contributed by atoms with Crippen LogP contribution in [-0.2, 0) is 20.7 Å². The average molecular weight is 280 g/mol. The summed E-state index contributed by atoms with van der Waals surface area (Å²) in [5.74, 6) is -1.36. The van der Waals surface area contributed by atoms with Crippen LogP contribution in [0, 0.1) is 0 Å². The highest BCUT2D eigenvalue weighted by Crippen LogP contribution is 2.12. The Morgan fingerprint density at radius 1 is 1.45 bits per heavy atom.